The van der Waals surface area contributed by atoms with Gasteiger partial charge in [-0.1, -0.05) is 48.9 Å². The van der Waals surface area contributed by atoms with Gasteiger partial charge in [0, 0.05) is 6.04 Å². The van der Waals surface area contributed by atoms with Crippen LogP contribution in [-0.4, -0.2) is 6.04 Å². The van der Waals surface area contributed by atoms with E-state index in [-0.39, 0.29) is 6.04 Å². The molecule has 20 heavy (non-hydrogen) atoms. The highest BCUT2D eigenvalue weighted by molar-refractivity contribution is 5.29. The van der Waals surface area contributed by atoms with E-state index in [1.807, 2.05) is 12.1 Å². The third-order valence-electron chi connectivity index (χ3n) is 3.45. The molecule has 2 nitrogen and oxygen atoms in total. The third kappa shape index (κ3) is 4.39. The van der Waals surface area contributed by atoms with Crippen LogP contribution in [0.1, 0.15) is 30.0 Å². The second-order valence-corrected chi connectivity index (χ2v) is 5.29. The van der Waals surface area contributed by atoms with E-state index in [9.17, 15) is 0 Å². The molecule has 0 radical (unpaired) electrons. The first-order valence-corrected chi connectivity index (χ1v) is 7.20. The molecule has 0 aliphatic rings. The molecule has 0 heterocycles. The molecular weight excluding hydrogens is 246 g/mol. The molecule has 2 rings (SSSR count). The van der Waals surface area contributed by atoms with Gasteiger partial charge in [0.05, 0.1) is 0 Å². The average molecular weight is 269 g/mol. The lowest BCUT2D eigenvalue weighted by Crippen LogP contribution is -2.21. The van der Waals surface area contributed by atoms with E-state index < -0.39 is 0 Å². The van der Waals surface area contributed by atoms with E-state index in [0.29, 0.717) is 6.61 Å². The maximum Gasteiger partial charge on any atom is 0.120 e. The molecule has 0 aliphatic carbocycles. The number of rotatable bonds is 6. The SMILES string of the molecule is CCC(N)Cc1cccc(OCc2ccc(C)cc2)c1. The Morgan fingerprint density at radius 1 is 1.05 bits per heavy atom. The minimum Gasteiger partial charge on any atom is -0.489 e. The molecule has 0 amide bonds. The zero-order chi connectivity index (χ0) is 14.4. The topological polar surface area (TPSA) is 35.2 Å². The van der Waals surface area contributed by atoms with Crippen LogP contribution in [-0.2, 0) is 13.0 Å². The van der Waals surface area contributed by atoms with E-state index in [0.717, 1.165) is 18.6 Å². The Morgan fingerprint density at radius 3 is 2.50 bits per heavy atom. The molecule has 0 saturated heterocycles. The third-order valence-corrected chi connectivity index (χ3v) is 3.45. The van der Waals surface area contributed by atoms with Gasteiger partial charge in [0.25, 0.3) is 0 Å². The highest BCUT2D eigenvalue weighted by Crippen LogP contribution is 2.16. The summed E-state index contributed by atoms with van der Waals surface area (Å²) in [4.78, 5) is 0. The smallest absolute Gasteiger partial charge is 0.120 e. The molecule has 1 unspecified atom stereocenters. The molecule has 0 saturated carbocycles. The highest BCUT2D eigenvalue weighted by Gasteiger charge is 2.03. The lowest BCUT2D eigenvalue weighted by Gasteiger charge is -2.11. The minimum absolute atomic E-state index is 0.224. The number of hydrogen-bond acceptors (Lipinski definition) is 2. The van der Waals surface area contributed by atoms with Crippen molar-refractivity contribution in [1.29, 1.82) is 0 Å². The molecule has 2 aromatic rings. The summed E-state index contributed by atoms with van der Waals surface area (Å²) in [7, 11) is 0. The van der Waals surface area contributed by atoms with E-state index >= 15 is 0 Å². The summed E-state index contributed by atoms with van der Waals surface area (Å²) in [5.74, 6) is 0.909. The molecule has 2 aromatic carbocycles. The van der Waals surface area contributed by atoms with E-state index in [1.165, 1.54) is 16.7 Å². The van der Waals surface area contributed by atoms with Gasteiger partial charge >= 0.3 is 0 Å². The summed E-state index contributed by atoms with van der Waals surface area (Å²) < 4.78 is 5.85. The minimum atomic E-state index is 0.224. The van der Waals surface area contributed by atoms with Gasteiger partial charge in [-0.3, -0.25) is 0 Å². The summed E-state index contributed by atoms with van der Waals surface area (Å²) >= 11 is 0. The van der Waals surface area contributed by atoms with Crippen molar-refractivity contribution in [1.82, 2.24) is 0 Å². The number of nitrogens with two attached hydrogens (primary N) is 1. The fourth-order valence-corrected chi connectivity index (χ4v) is 2.06. The van der Waals surface area contributed by atoms with Crippen LogP contribution in [0.4, 0.5) is 0 Å². The lowest BCUT2D eigenvalue weighted by molar-refractivity contribution is 0.306. The van der Waals surface area contributed by atoms with Crippen molar-refractivity contribution in [2.75, 3.05) is 0 Å². The van der Waals surface area contributed by atoms with Crippen LogP contribution >= 0.6 is 0 Å². The predicted molar refractivity (Wildman–Crippen MR) is 83.9 cm³/mol. The van der Waals surface area contributed by atoms with Crippen LogP contribution in [0.15, 0.2) is 48.5 Å². The Balaban J connectivity index is 1.95. The second kappa shape index (κ2) is 7.11. The molecule has 0 aromatic heterocycles. The maximum atomic E-state index is 5.99. The normalized spacial score (nSPS) is 12.2. The van der Waals surface area contributed by atoms with Crippen molar-refractivity contribution in [3.05, 3.63) is 65.2 Å². The molecule has 0 bridgehead atoms. The lowest BCUT2D eigenvalue weighted by atomic mass is 10.0. The van der Waals surface area contributed by atoms with Gasteiger partial charge in [0.15, 0.2) is 0 Å². The van der Waals surface area contributed by atoms with Crippen LogP contribution in [0.25, 0.3) is 0 Å². The van der Waals surface area contributed by atoms with Gasteiger partial charge < -0.3 is 10.5 Å². The van der Waals surface area contributed by atoms with Crippen molar-refractivity contribution < 1.29 is 4.74 Å². The van der Waals surface area contributed by atoms with Crippen LogP contribution in [0, 0.1) is 6.92 Å². The van der Waals surface area contributed by atoms with E-state index in [2.05, 4.69) is 50.2 Å². The fraction of sp³-hybridized carbons (Fsp3) is 0.333. The number of ether oxygens (including phenoxy) is 1. The summed E-state index contributed by atoms with van der Waals surface area (Å²) in [5, 5.41) is 0. The van der Waals surface area contributed by atoms with Gasteiger partial charge in [-0.15, -0.1) is 0 Å². The molecule has 0 aliphatic heterocycles. The summed E-state index contributed by atoms with van der Waals surface area (Å²) in [6, 6.07) is 16.9. The summed E-state index contributed by atoms with van der Waals surface area (Å²) in [6.07, 6.45) is 1.90. The molecule has 106 valence electrons. The van der Waals surface area contributed by atoms with Crippen molar-refractivity contribution in [3.63, 3.8) is 0 Å². The monoisotopic (exact) mass is 269 g/mol. The number of hydrogen-bond donors (Lipinski definition) is 1. The molecule has 0 spiro atoms. The van der Waals surface area contributed by atoms with Crippen LogP contribution in [0.3, 0.4) is 0 Å². The van der Waals surface area contributed by atoms with Crippen molar-refractivity contribution in [3.8, 4) is 5.75 Å². The first-order valence-electron chi connectivity index (χ1n) is 7.20. The largest absolute Gasteiger partial charge is 0.489 e. The van der Waals surface area contributed by atoms with Crippen molar-refractivity contribution in [2.24, 2.45) is 5.73 Å². The molecular formula is C18H23NO. The second-order valence-electron chi connectivity index (χ2n) is 5.29. The molecule has 1 atom stereocenters. The van der Waals surface area contributed by atoms with Crippen LogP contribution in [0.2, 0.25) is 0 Å². The zero-order valence-electron chi connectivity index (χ0n) is 12.3. The number of benzene rings is 2. The molecule has 2 N–H and O–H groups in total. The first-order chi connectivity index (χ1) is 9.67. The standard InChI is InChI=1S/C18H23NO/c1-3-17(19)11-16-5-4-6-18(12-16)20-13-15-9-7-14(2)8-10-15/h4-10,12,17H,3,11,13,19H2,1-2H3. The Kier molecular flexibility index (Phi) is 5.19. The van der Waals surface area contributed by atoms with Gasteiger partial charge in [0.2, 0.25) is 0 Å². The van der Waals surface area contributed by atoms with Crippen molar-refractivity contribution in [2.45, 2.75) is 39.3 Å². The quantitative estimate of drug-likeness (QED) is 0.864. The highest BCUT2D eigenvalue weighted by atomic mass is 16.5. The Bertz CT molecular complexity index is 533. The van der Waals surface area contributed by atoms with Gasteiger partial charge in [-0.25, -0.2) is 0 Å². The summed E-state index contributed by atoms with van der Waals surface area (Å²) in [5.41, 5.74) is 9.68. The van der Waals surface area contributed by atoms with E-state index in [1.54, 1.807) is 0 Å². The Labute approximate surface area is 121 Å². The van der Waals surface area contributed by atoms with Crippen LogP contribution in [0.5, 0.6) is 5.75 Å². The molecule has 0 fully saturated rings. The van der Waals surface area contributed by atoms with Crippen molar-refractivity contribution >= 4 is 0 Å². The Morgan fingerprint density at radius 2 is 1.80 bits per heavy atom. The van der Waals surface area contributed by atoms with Gasteiger partial charge in [0.1, 0.15) is 12.4 Å². The van der Waals surface area contributed by atoms with Gasteiger partial charge in [-0.05, 0) is 43.0 Å². The summed E-state index contributed by atoms with van der Waals surface area (Å²) in [6.45, 7) is 4.80. The molecule has 2 heteroatoms. The maximum absolute atomic E-state index is 5.99. The van der Waals surface area contributed by atoms with Crippen LogP contribution < -0.4 is 10.5 Å². The zero-order valence-corrected chi connectivity index (χ0v) is 12.3. The first kappa shape index (κ1) is 14.6. The fourth-order valence-electron chi connectivity index (χ4n) is 2.06. The van der Waals surface area contributed by atoms with Gasteiger partial charge in [-0.2, -0.15) is 0 Å². The van der Waals surface area contributed by atoms with E-state index in [4.69, 9.17) is 10.5 Å². The average Bonchev–Trinajstić information content (AvgIpc) is 2.47. The predicted octanol–water partition coefficient (Wildman–Crippen LogP) is 3.85. The Hall–Kier alpha value is -1.80. The number of aryl methyl sites for hydroxylation is 1.